The van der Waals surface area contributed by atoms with E-state index in [1.807, 2.05) is 11.8 Å². The summed E-state index contributed by atoms with van der Waals surface area (Å²) in [6.45, 7) is 4.93. The van der Waals surface area contributed by atoms with Crippen LogP contribution in [0.25, 0.3) is 0 Å². The van der Waals surface area contributed by atoms with Crippen molar-refractivity contribution in [2.75, 3.05) is 39.3 Å². The fourth-order valence-electron chi connectivity index (χ4n) is 2.43. The molecule has 0 atom stereocenters. The van der Waals surface area contributed by atoms with Gasteiger partial charge in [-0.2, -0.15) is 4.31 Å². The molecule has 0 aliphatic carbocycles. The SMILES string of the molecule is CCCNC(=O)CN1CCN(S(=O)(=O)c2cccc(Br)c2)CC1. The van der Waals surface area contributed by atoms with E-state index >= 15 is 0 Å². The van der Waals surface area contributed by atoms with Crippen LogP contribution in [0.15, 0.2) is 33.6 Å². The van der Waals surface area contributed by atoms with Gasteiger partial charge in [0.05, 0.1) is 11.4 Å². The van der Waals surface area contributed by atoms with Crippen LogP contribution >= 0.6 is 15.9 Å². The van der Waals surface area contributed by atoms with Crippen molar-refractivity contribution in [3.05, 3.63) is 28.7 Å². The van der Waals surface area contributed by atoms with Crippen LogP contribution in [-0.4, -0.2) is 62.8 Å². The highest BCUT2D eigenvalue weighted by Gasteiger charge is 2.29. The third kappa shape index (κ3) is 5.00. The minimum atomic E-state index is -3.47. The number of hydrogen-bond donors (Lipinski definition) is 1. The first-order valence-corrected chi connectivity index (χ1v) is 9.91. The van der Waals surface area contributed by atoms with Crippen molar-refractivity contribution >= 4 is 31.9 Å². The van der Waals surface area contributed by atoms with E-state index in [-0.39, 0.29) is 5.91 Å². The topological polar surface area (TPSA) is 69.7 Å². The molecule has 8 heteroatoms. The number of carbonyl (C=O) groups excluding carboxylic acids is 1. The number of piperazine rings is 1. The highest BCUT2D eigenvalue weighted by atomic mass is 79.9. The van der Waals surface area contributed by atoms with Gasteiger partial charge < -0.3 is 5.32 Å². The molecule has 1 aromatic rings. The van der Waals surface area contributed by atoms with Crippen molar-refractivity contribution in [3.8, 4) is 0 Å². The predicted octanol–water partition coefficient (Wildman–Crippen LogP) is 1.28. The lowest BCUT2D eigenvalue weighted by Crippen LogP contribution is -2.51. The van der Waals surface area contributed by atoms with Crippen LogP contribution < -0.4 is 5.32 Å². The number of carbonyl (C=O) groups is 1. The first kappa shape index (κ1) is 18.4. The minimum Gasteiger partial charge on any atom is -0.355 e. The lowest BCUT2D eigenvalue weighted by Gasteiger charge is -2.33. The van der Waals surface area contributed by atoms with Gasteiger partial charge in [-0.15, -0.1) is 0 Å². The van der Waals surface area contributed by atoms with Crippen LogP contribution in [0.4, 0.5) is 0 Å². The van der Waals surface area contributed by atoms with Crippen molar-refractivity contribution in [1.29, 1.82) is 0 Å². The van der Waals surface area contributed by atoms with Gasteiger partial charge in [0, 0.05) is 37.2 Å². The lowest BCUT2D eigenvalue weighted by atomic mass is 10.3. The molecule has 1 aliphatic heterocycles. The highest BCUT2D eigenvalue weighted by Crippen LogP contribution is 2.21. The van der Waals surface area contributed by atoms with E-state index < -0.39 is 10.0 Å². The van der Waals surface area contributed by atoms with Gasteiger partial charge >= 0.3 is 0 Å². The maximum Gasteiger partial charge on any atom is 0.243 e. The normalized spacial score (nSPS) is 17.1. The molecule has 1 saturated heterocycles. The molecule has 0 aromatic heterocycles. The number of hydrogen-bond acceptors (Lipinski definition) is 4. The Morgan fingerprint density at radius 3 is 2.57 bits per heavy atom. The van der Waals surface area contributed by atoms with Crippen LogP contribution in [0.2, 0.25) is 0 Å². The molecule has 0 bridgehead atoms. The van der Waals surface area contributed by atoms with Crippen LogP contribution in [0, 0.1) is 0 Å². The molecule has 0 unspecified atom stereocenters. The minimum absolute atomic E-state index is 0.00449. The molecular formula is C15H22BrN3O3S. The number of nitrogens with zero attached hydrogens (tertiary/aromatic N) is 2. The van der Waals surface area contributed by atoms with Crippen molar-refractivity contribution in [2.24, 2.45) is 0 Å². The zero-order chi connectivity index (χ0) is 16.9. The second kappa shape index (κ2) is 8.23. The van der Waals surface area contributed by atoms with Crippen molar-refractivity contribution < 1.29 is 13.2 Å². The van der Waals surface area contributed by atoms with Gasteiger partial charge in [-0.05, 0) is 24.6 Å². The molecule has 1 N–H and O–H groups in total. The first-order valence-electron chi connectivity index (χ1n) is 7.68. The summed E-state index contributed by atoms with van der Waals surface area (Å²) in [7, 11) is -3.47. The lowest BCUT2D eigenvalue weighted by molar-refractivity contribution is -0.122. The third-order valence-corrected chi connectivity index (χ3v) is 6.09. The largest absolute Gasteiger partial charge is 0.355 e. The van der Waals surface area contributed by atoms with Gasteiger partial charge in [0.15, 0.2) is 0 Å². The molecule has 1 amide bonds. The number of rotatable bonds is 6. The maximum atomic E-state index is 12.6. The molecule has 1 heterocycles. The van der Waals surface area contributed by atoms with Crippen molar-refractivity contribution in [2.45, 2.75) is 18.2 Å². The Kier molecular flexibility index (Phi) is 6.58. The average Bonchev–Trinajstić information content (AvgIpc) is 2.53. The second-order valence-corrected chi connectivity index (χ2v) is 8.34. The zero-order valence-electron chi connectivity index (χ0n) is 13.2. The first-order chi connectivity index (χ1) is 10.9. The van der Waals surface area contributed by atoms with Gasteiger partial charge in [0.1, 0.15) is 0 Å². The van der Waals surface area contributed by atoms with E-state index in [0.717, 1.165) is 10.9 Å². The number of sulfonamides is 1. The van der Waals surface area contributed by atoms with Gasteiger partial charge in [-0.3, -0.25) is 9.69 Å². The third-order valence-electron chi connectivity index (χ3n) is 3.70. The van der Waals surface area contributed by atoms with Crippen LogP contribution in [0.5, 0.6) is 0 Å². The monoisotopic (exact) mass is 403 g/mol. The van der Waals surface area contributed by atoms with Crippen molar-refractivity contribution in [3.63, 3.8) is 0 Å². The summed E-state index contributed by atoms with van der Waals surface area (Å²) in [6.07, 6.45) is 0.907. The Morgan fingerprint density at radius 2 is 1.96 bits per heavy atom. The quantitative estimate of drug-likeness (QED) is 0.776. The molecule has 0 saturated carbocycles. The van der Waals surface area contributed by atoms with Gasteiger partial charge in [0.25, 0.3) is 0 Å². The summed E-state index contributed by atoms with van der Waals surface area (Å²) < 4.78 is 27.5. The van der Waals surface area contributed by atoms with Crippen LogP contribution in [-0.2, 0) is 14.8 Å². The number of benzene rings is 1. The van der Waals surface area contributed by atoms with E-state index in [2.05, 4.69) is 21.2 Å². The van der Waals surface area contributed by atoms with Crippen LogP contribution in [0.3, 0.4) is 0 Å². The molecule has 0 radical (unpaired) electrons. The average molecular weight is 404 g/mol. The van der Waals surface area contributed by atoms with Crippen molar-refractivity contribution in [1.82, 2.24) is 14.5 Å². The fraction of sp³-hybridized carbons (Fsp3) is 0.533. The van der Waals surface area contributed by atoms with E-state index in [9.17, 15) is 13.2 Å². The molecule has 2 rings (SSSR count). The Balaban J connectivity index is 1.92. The zero-order valence-corrected chi connectivity index (χ0v) is 15.6. The molecular weight excluding hydrogens is 382 g/mol. The van der Waals surface area contributed by atoms with E-state index in [1.54, 1.807) is 24.3 Å². The maximum absolute atomic E-state index is 12.6. The van der Waals surface area contributed by atoms with Gasteiger partial charge in [-0.25, -0.2) is 8.42 Å². The smallest absolute Gasteiger partial charge is 0.243 e. The number of amides is 1. The summed E-state index contributed by atoms with van der Waals surface area (Å²) in [6, 6.07) is 6.72. The Morgan fingerprint density at radius 1 is 1.26 bits per heavy atom. The number of halogens is 1. The van der Waals surface area contributed by atoms with E-state index in [0.29, 0.717) is 44.2 Å². The van der Waals surface area contributed by atoms with Gasteiger partial charge in [-0.1, -0.05) is 28.9 Å². The highest BCUT2D eigenvalue weighted by molar-refractivity contribution is 9.10. The Hall–Kier alpha value is -0.960. The summed E-state index contributed by atoms with van der Waals surface area (Å²) in [5.41, 5.74) is 0. The molecule has 0 spiro atoms. The van der Waals surface area contributed by atoms with Crippen LogP contribution in [0.1, 0.15) is 13.3 Å². The summed E-state index contributed by atoms with van der Waals surface area (Å²) >= 11 is 3.30. The molecule has 128 valence electrons. The molecule has 6 nitrogen and oxygen atoms in total. The predicted molar refractivity (Wildman–Crippen MR) is 92.6 cm³/mol. The van der Waals surface area contributed by atoms with E-state index in [1.165, 1.54) is 4.31 Å². The molecule has 1 aliphatic rings. The van der Waals surface area contributed by atoms with E-state index in [4.69, 9.17) is 0 Å². The molecule has 1 aromatic carbocycles. The summed E-state index contributed by atoms with van der Waals surface area (Å²) in [5, 5.41) is 2.84. The molecule has 23 heavy (non-hydrogen) atoms. The summed E-state index contributed by atoms with van der Waals surface area (Å²) in [4.78, 5) is 14.0. The summed E-state index contributed by atoms with van der Waals surface area (Å²) in [5.74, 6) is -0.00449. The molecule has 1 fully saturated rings. The standard InChI is InChI=1S/C15H22BrN3O3S/c1-2-6-17-15(20)12-18-7-9-19(10-8-18)23(21,22)14-5-3-4-13(16)11-14/h3-5,11H,2,6-10,12H2,1H3,(H,17,20). The fourth-order valence-corrected chi connectivity index (χ4v) is 4.45. The van der Waals surface area contributed by atoms with Gasteiger partial charge in [0.2, 0.25) is 15.9 Å². The second-order valence-electron chi connectivity index (χ2n) is 5.49. The Bertz CT molecular complexity index is 643. The number of nitrogens with one attached hydrogen (secondary N) is 1. The Labute approximate surface area is 146 Å².